The normalized spacial score (nSPS) is 9.92. The molecule has 0 unspecified atom stereocenters. The molecule has 0 aliphatic heterocycles. The quantitative estimate of drug-likeness (QED) is 0.450. The van der Waals surface area contributed by atoms with E-state index in [-0.39, 0.29) is 11.3 Å². The number of esters is 1. The van der Waals surface area contributed by atoms with E-state index < -0.39 is 10.9 Å². The average Bonchev–Trinajstić information content (AvgIpc) is 2.53. The van der Waals surface area contributed by atoms with E-state index in [0.717, 1.165) is 17.0 Å². The number of aryl methyl sites for hydroxylation is 1. The van der Waals surface area contributed by atoms with E-state index in [4.69, 9.17) is 0 Å². The van der Waals surface area contributed by atoms with Crippen LogP contribution in [-0.4, -0.2) is 18.0 Å². The van der Waals surface area contributed by atoms with Gasteiger partial charge in [0.05, 0.1) is 17.6 Å². The molecule has 0 amide bonds. The summed E-state index contributed by atoms with van der Waals surface area (Å²) in [6, 6.07) is 11.8. The largest absolute Gasteiger partial charge is 0.465 e. The van der Waals surface area contributed by atoms with E-state index in [1.807, 2.05) is 31.2 Å². The lowest BCUT2D eigenvalue weighted by molar-refractivity contribution is -0.384. The smallest absolute Gasteiger partial charge is 0.338 e. The van der Waals surface area contributed by atoms with Crippen molar-refractivity contribution in [1.29, 1.82) is 0 Å². The number of hydrogen-bond acceptors (Lipinski definition) is 4. The second-order valence-electron chi connectivity index (χ2n) is 6.12. The lowest BCUT2D eigenvalue weighted by atomic mass is 10.0. The van der Waals surface area contributed by atoms with Gasteiger partial charge in [-0.25, -0.2) is 4.79 Å². The van der Waals surface area contributed by atoms with Crippen LogP contribution in [0.25, 0.3) is 11.1 Å². The number of ether oxygens (including phenoxy) is 1. The van der Waals surface area contributed by atoms with Gasteiger partial charge in [-0.15, -0.1) is 0 Å². The van der Waals surface area contributed by atoms with Crippen LogP contribution in [0.15, 0.2) is 42.5 Å². The van der Waals surface area contributed by atoms with Crippen molar-refractivity contribution >= 4 is 11.7 Å². The van der Waals surface area contributed by atoms with E-state index in [0.29, 0.717) is 5.56 Å². The monoisotopic (exact) mass is 329 g/mol. The third-order valence-electron chi connectivity index (χ3n) is 2.93. The Morgan fingerprint density at radius 3 is 2.04 bits per heavy atom. The Morgan fingerprint density at radius 1 is 1.04 bits per heavy atom. The fraction of sp³-hybridized carbons (Fsp3) is 0.316. The van der Waals surface area contributed by atoms with Gasteiger partial charge < -0.3 is 4.74 Å². The molecule has 5 heteroatoms. The molecule has 0 atom stereocenters. The maximum absolute atomic E-state index is 11.6. The van der Waals surface area contributed by atoms with E-state index in [2.05, 4.69) is 25.5 Å². The van der Waals surface area contributed by atoms with Crippen molar-refractivity contribution in [2.45, 2.75) is 27.7 Å². The number of carbonyl (C=O) groups is 1. The van der Waals surface area contributed by atoms with Crippen LogP contribution in [-0.2, 0) is 4.74 Å². The molecule has 0 N–H and O–H groups in total. The molecule has 0 aromatic heterocycles. The van der Waals surface area contributed by atoms with Crippen LogP contribution in [0.5, 0.6) is 0 Å². The van der Waals surface area contributed by atoms with Crippen LogP contribution >= 0.6 is 0 Å². The summed E-state index contributed by atoms with van der Waals surface area (Å²) in [5.74, 6) is 0.238. The molecular weight excluding hydrogens is 306 g/mol. The Balaban J connectivity index is 0.000000648. The average molecular weight is 329 g/mol. The molecule has 0 heterocycles. The van der Waals surface area contributed by atoms with Crippen molar-refractivity contribution < 1.29 is 14.5 Å². The SMILES string of the molecule is CC(C)C.COC(=O)c1cc(-c2ccc(C)cc2)cc([N+](=O)[O-])c1. The van der Waals surface area contributed by atoms with E-state index >= 15 is 0 Å². The highest BCUT2D eigenvalue weighted by Crippen LogP contribution is 2.26. The second kappa shape index (κ2) is 8.82. The third-order valence-corrected chi connectivity index (χ3v) is 2.93. The Kier molecular flexibility index (Phi) is 7.11. The van der Waals surface area contributed by atoms with Crippen molar-refractivity contribution in [2.75, 3.05) is 7.11 Å². The van der Waals surface area contributed by atoms with Crippen LogP contribution in [0.1, 0.15) is 36.7 Å². The standard InChI is InChI=1S/C15H13NO4.C4H10/c1-10-3-5-11(6-4-10)12-7-13(15(17)20-2)9-14(8-12)16(18)19;1-4(2)3/h3-9H,1-2H3;4H,1-3H3. The van der Waals surface area contributed by atoms with Crippen LogP contribution < -0.4 is 0 Å². The molecule has 2 aromatic rings. The fourth-order valence-corrected chi connectivity index (χ4v) is 1.86. The number of nitro benzene ring substituents is 1. The van der Waals surface area contributed by atoms with Crippen molar-refractivity contribution in [3.05, 3.63) is 63.7 Å². The molecule has 2 aromatic carbocycles. The summed E-state index contributed by atoms with van der Waals surface area (Å²) in [6.07, 6.45) is 0. The number of rotatable bonds is 3. The van der Waals surface area contributed by atoms with Crippen molar-refractivity contribution in [2.24, 2.45) is 5.92 Å². The summed E-state index contributed by atoms with van der Waals surface area (Å²) in [5, 5.41) is 11.0. The first-order chi connectivity index (χ1) is 11.2. The minimum absolute atomic E-state index is 0.136. The number of carbonyl (C=O) groups excluding carboxylic acids is 1. The molecule has 0 saturated carbocycles. The third kappa shape index (κ3) is 5.83. The molecule has 0 fully saturated rings. The zero-order valence-electron chi connectivity index (χ0n) is 14.7. The van der Waals surface area contributed by atoms with Gasteiger partial charge in [0.25, 0.3) is 5.69 Å². The van der Waals surface area contributed by atoms with Gasteiger partial charge in [0.15, 0.2) is 0 Å². The summed E-state index contributed by atoms with van der Waals surface area (Å²) >= 11 is 0. The van der Waals surface area contributed by atoms with E-state index in [1.54, 1.807) is 6.07 Å². The lowest BCUT2D eigenvalue weighted by Crippen LogP contribution is -2.02. The summed E-state index contributed by atoms with van der Waals surface area (Å²) in [5.41, 5.74) is 2.54. The molecule has 0 radical (unpaired) electrons. The fourth-order valence-electron chi connectivity index (χ4n) is 1.86. The number of nitrogens with zero attached hydrogens (tertiary/aromatic N) is 1. The Labute approximate surface area is 142 Å². The number of benzene rings is 2. The Morgan fingerprint density at radius 2 is 1.58 bits per heavy atom. The highest BCUT2D eigenvalue weighted by Gasteiger charge is 2.15. The molecule has 24 heavy (non-hydrogen) atoms. The molecular formula is C19H23NO4. The number of nitro groups is 1. The van der Waals surface area contributed by atoms with Crippen molar-refractivity contribution in [3.8, 4) is 11.1 Å². The molecule has 128 valence electrons. The second-order valence-corrected chi connectivity index (χ2v) is 6.12. The molecule has 0 saturated heterocycles. The van der Waals surface area contributed by atoms with Gasteiger partial charge in [-0.05, 0) is 30.0 Å². The first-order valence-electron chi connectivity index (χ1n) is 7.69. The maximum Gasteiger partial charge on any atom is 0.338 e. The predicted octanol–water partition coefficient (Wildman–Crippen LogP) is 5.02. The number of non-ortho nitro benzene ring substituents is 1. The highest BCUT2D eigenvalue weighted by atomic mass is 16.6. The Bertz CT molecular complexity index is 703. The van der Waals surface area contributed by atoms with Crippen LogP contribution in [0.4, 0.5) is 5.69 Å². The summed E-state index contributed by atoms with van der Waals surface area (Å²) in [4.78, 5) is 22.0. The summed E-state index contributed by atoms with van der Waals surface area (Å²) in [7, 11) is 1.24. The highest BCUT2D eigenvalue weighted by molar-refractivity contribution is 5.92. The van der Waals surface area contributed by atoms with Crippen molar-refractivity contribution in [3.63, 3.8) is 0 Å². The lowest BCUT2D eigenvalue weighted by Gasteiger charge is -2.05. The van der Waals surface area contributed by atoms with Gasteiger partial charge in [0.1, 0.15) is 0 Å². The number of methoxy groups -OCH3 is 1. The Hall–Kier alpha value is -2.69. The summed E-state index contributed by atoms with van der Waals surface area (Å²) < 4.78 is 4.62. The van der Waals surface area contributed by atoms with Gasteiger partial charge in [-0.2, -0.15) is 0 Å². The first kappa shape index (κ1) is 19.4. The van der Waals surface area contributed by atoms with Gasteiger partial charge in [-0.3, -0.25) is 10.1 Å². The molecule has 5 nitrogen and oxygen atoms in total. The molecule has 0 aliphatic rings. The number of hydrogen-bond donors (Lipinski definition) is 0. The van der Waals surface area contributed by atoms with Crippen LogP contribution in [0.3, 0.4) is 0 Å². The van der Waals surface area contributed by atoms with E-state index in [9.17, 15) is 14.9 Å². The first-order valence-corrected chi connectivity index (χ1v) is 7.69. The zero-order chi connectivity index (χ0) is 18.3. The molecule has 0 bridgehead atoms. The maximum atomic E-state index is 11.6. The van der Waals surface area contributed by atoms with E-state index in [1.165, 1.54) is 19.2 Å². The van der Waals surface area contributed by atoms with Gasteiger partial charge in [-0.1, -0.05) is 50.6 Å². The summed E-state index contributed by atoms with van der Waals surface area (Å²) in [6.45, 7) is 8.46. The van der Waals surface area contributed by atoms with Gasteiger partial charge in [0, 0.05) is 12.1 Å². The van der Waals surface area contributed by atoms with Crippen LogP contribution in [0, 0.1) is 23.0 Å². The van der Waals surface area contributed by atoms with Crippen molar-refractivity contribution in [1.82, 2.24) is 0 Å². The van der Waals surface area contributed by atoms with Gasteiger partial charge in [0.2, 0.25) is 0 Å². The minimum atomic E-state index is -0.595. The zero-order valence-corrected chi connectivity index (χ0v) is 14.7. The minimum Gasteiger partial charge on any atom is -0.465 e. The molecule has 0 aliphatic carbocycles. The molecule has 0 spiro atoms. The van der Waals surface area contributed by atoms with Gasteiger partial charge >= 0.3 is 5.97 Å². The molecule has 2 rings (SSSR count). The predicted molar refractivity (Wildman–Crippen MR) is 95.1 cm³/mol. The topological polar surface area (TPSA) is 69.4 Å². The van der Waals surface area contributed by atoms with Crippen LogP contribution in [0.2, 0.25) is 0 Å².